The standard InChI is InChI=1S/C15H15N3O2S/c1-11(15-16-6-8-21-15)9-18-14(20)13-5-4-12(10-17-13)3-2-7-19/h4-6,8,10-11,19H,7,9H2,1H3,(H,18,20). The maximum Gasteiger partial charge on any atom is 0.269 e. The first-order valence-electron chi connectivity index (χ1n) is 6.44. The minimum absolute atomic E-state index is 0.170. The number of rotatable bonds is 4. The highest BCUT2D eigenvalue weighted by molar-refractivity contribution is 7.09. The van der Waals surface area contributed by atoms with Crippen LogP contribution in [-0.4, -0.2) is 34.1 Å². The number of carbonyl (C=O) groups excluding carboxylic acids is 1. The third-order valence-corrected chi connectivity index (χ3v) is 3.76. The summed E-state index contributed by atoms with van der Waals surface area (Å²) in [5.41, 5.74) is 1.01. The lowest BCUT2D eigenvalue weighted by Crippen LogP contribution is -2.28. The van der Waals surface area contributed by atoms with Crippen LogP contribution in [0.1, 0.15) is 33.9 Å². The highest BCUT2D eigenvalue weighted by atomic mass is 32.1. The van der Waals surface area contributed by atoms with Gasteiger partial charge in [0, 0.05) is 35.8 Å². The zero-order valence-electron chi connectivity index (χ0n) is 11.5. The van der Waals surface area contributed by atoms with Crippen LogP contribution in [0.3, 0.4) is 0 Å². The van der Waals surface area contributed by atoms with Crippen molar-refractivity contribution in [3.05, 3.63) is 46.2 Å². The van der Waals surface area contributed by atoms with E-state index in [1.807, 2.05) is 12.3 Å². The van der Waals surface area contributed by atoms with Gasteiger partial charge in [0.1, 0.15) is 12.3 Å². The van der Waals surface area contributed by atoms with E-state index in [0.717, 1.165) is 5.01 Å². The number of aliphatic hydroxyl groups is 1. The van der Waals surface area contributed by atoms with Crippen LogP contribution in [0.2, 0.25) is 0 Å². The molecule has 0 aromatic carbocycles. The van der Waals surface area contributed by atoms with Crippen LogP contribution in [0, 0.1) is 11.8 Å². The normalized spacial score (nSPS) is 11.3. The van der Waals surface area contributed by atoms with Crippen molar-refractivity contribution in [3.63, 3.8) is 0 Å². The lowest BCUT2D eigenvalue weighted by molar-refractivity contribution is 0.0946. The lowest BCUT2D eigenvalue weighted by atomic mass is 10.2. The van der Waals surface area contributed by atoms with Gasteiger partial charge in [0.15, 0.2) is 0 Å². The number of hydrogen-bond donors (Lipinski definition) is 2. The minimum Gasteiger partial charge on any atom is -0.384 e. The van der Waals surface area contributed by atoms with E-state index in [-0.39, 0.29) is 18.4 Å². The van der Waals surface area contributed by atoms with Gasteiger partial charge in [-0.15, -0.1) is 11.3 Å². The third kappa shape index (κ3) is 4.38. The molecule has 21 heavy (non-hydrogen) atoms. The van der Waals surface area contributed by atoms with E-state index in [9.17, 15) is 4.79 Å². The van der Waals surface area contributed by atoms with Crippen molar-refractivity contribution in [1.29, 1.82) is 0 Å². The Morgan fingerprint density at radius 1 is 1.48 bits per heavy atom. The van der Waals surface area contributed by atoms with E-state index in [2.05, 4.69) is 27.1 Å². The van der Waals surface area contributed by atoms with Gasteiger partial charge in [-0.05, 0) is 12.1 Å². The Bertz CT molecular complexity index is 642. The molecule has 0 radical (unpaired) electrons. The summed E-state index contributed by atoms with van der Waals surface area (Å²) in [5.74, 6) is 5.20. The van der Waals surface area contributed by atoms with Crippen LogP contribution >= 0.6 is 11.3 Å². The van der Waals surface area contributed by atoms with E-state index < -0.39 is 0 Å². The highest BCUT2D eigenvalue weighted by Gasteiger charge is 2.11. The summed E-state index contributed by atoms with van der Waals surface area (Å²) in [6.07, 6.45) is 3.27. The quantitative estimate of drug-likeness (QED) is 0.837. The molecule has 0 aliphatic rings. The van der Waals surface area contributed by atoms with Crippen LogP contribution in [0.4, 0.5) is 0 Å². The number of nitrogens with one attached hydrogen (secondary N) is 1. The van der Waals surface area contributed by atoms with Crippen LogP contribution in [-0.2, 0) is 0 Å². The second-order valence-electron chi connectivity index (χ2n) is 4.37. The molecule has 1 amide bonds. The monoisotopic (exact) mass is 301 g/mol. The minimum atomic E-state index is -0.222. The van der Waals surface area contributed by atoms with E-state index in [1.54, 1.807) is 29.7 Å². The number of hydrogen-bond acceptors (Lipinski definition) is 5. The Labute approximate surface area is 127 Å². The maximum atomic E-state index is 12.0. The molecule has 1 unspecified atom stereocenters. The van der Waals surface area contributed by atoms with E-state index in [0.29, 0.717) is 17.8 Å². The predicted octanol–water partition coefficient (Wildman–Crippen LogP) is 1.42. The number of amides is 1. The molecule has 108 valence electrons. The lowest BCUT2D eigenvalue weighted by Gasteiger charge is -2.09. The first kappa shape index (κ1) is 15.2. The van der Waals surface area contributed by atoms with E-state index in [1.165, 1.54) is 6.20 Å². The summed E-state index contributed by atoms with van der Waals surface area (Å²) in [6, 6.07) is 3.32. The fourth-order valence-electron chi connectivity index (χ4n) is 1.65. The molecule has 0 saturated carbocycles. The average molecular weight is 301 g/mol. The molecule has 2 N–H and O–H groups in total. The van der Waals surface area contributed by atoms with Gasteiger partial charge in [0.2, 0.25) is 0 Å². The predicted molar refractivity (Wildman–Crippen MR) is 81.1 cm³/mol. The summed E-state index contributed by atoms with van der Waals surface area (Å²) >= 11 is 1.57. The van der Waals surface area contributed by atoms with Crippen LogP contribution in [0.25, 0.3) is 0 Å². The summed E-state index contributed by atoms with van der Waals surface area (Å²) in [4.78, 5) is 20.3. The molecule has 2 aromatic heterocycles. The molecule has 2 heterocycles. The van der Waals surface area contributed by atoms with Crippen molar-refractivity contribution in [1.82, 2.24) is 15.3 Å². The number of aliphatic hydroxyl groups excluding tert-OH is 1. The molecule has 0 bridgehead atoms. The molecule has 0 spiro atoms. The van der Waals surface area contributed by atoms with Gasteiger partial charge < -0.3 is 10.4 Å². The molecule has 6 heteroatoms. The number of nitrogens with zero attached hydrogens (tertiary/aromatic N) is 2. The van der Waals surface area contributed by atoms with Crippen molar-refractivity contribution >= 4 is 17.2 Å². The summed E-state index contributed by atoms with van der Waals surface area (Å²) in [7, 11) is 0. The molecule has 0 fully saturated rings. The van der Waals surface area contributed by atoms with Crippen LogP contribution in [0.15, 0.2) is 29.9 Å². The fraction of sp³-hybridized carbons (Fsp3) is 0.267. The van der Waals surface area contributed by atoms with Crippen molar-refractivity contribution < 1.29 is 9.90 Å². The molecule has 0 aliphatic carbocycles. The van der Waals surface area contributed by atoms with Crippen molar-refractivity contribution in [2.75, 3.05) is 13.2 Å². The molecular formula is C15H15N3O2S. The van der Waals surface area contributed by atoms with Gasteiger partial charge in [0.05, 0.1) is 5.01 Å². The van der Waals surface area contributed by atoms with Gasteiger partial charge in [-0.2, -0.15) is 0 Å². The summed E-state index contributed by atoms with van der Waals surface area (Å²) < 4.78 is 0. The van der Waals surface area contributed by atoms with E-state index in [4.69, 9.17) is 5.11 Å². The fourth-order valence-corrected chi connectivity index (χ4v) is 2.34. The second kappa shape index (κ2) is 7.53. The summed E-state index contributed by atoms with van der Waals surface area (Å²) in [6.45, 7) is 2.33. The van der Waals surface area contributed by atoms with Crippen LogP contribution < -0.4 is 5.32 Å². The molecule has 5 nitrogen and oxygen atoms in total. The second-order valence-corrected chi connectivity index (χ2v) is 5.30. The molecule has 0 saturated heterocycles. The molecule has 2 rings (SSSR count). The number of thiazole rings is 1. The van der Waals surface area contributed by atoms with Gasteiger partial charge >= 0.3 is 0 Å². The molecule has 1 atom stereocenters. The van der Waals surface area contributed by atoms with Gasteiger partial charge in [-0.25, -0.2) is 9.97 Å². The van der Waals surface area contributed by atoms with Gasteiger partial charge in [-0.3, -0.25) is 4.79 Å². The first-order chi connectivity index (χ1) is 10.2. The van der Waals surface area contributed by atoms with E-state index >= 15 is 0 Å². The van der Waals surface area contributed by atoms with Gasteiger partial charge in [0.25, 0.3) is 5.91 Å². The SMILES string of the molecule is CC(CNC(=O)c1ccc(C#CCO)cn1)c1nccs1. The average Bonchev–Trinajstić information content (AvgIpc) is 3.05. The highest BCUT2D eigenvalue weighted by Crippen LogP contribution is 2.16. The Hall–Kier alpha value is -2.23. The van der Waals surface area contributed by atoms with Crippen molar-refractivity contribution in [2.45, 2.75) is 12.8 Å². The zero-order chi connectivity index (χ0) is 15.1. The van der Waals surface area contributed by atoms with Crippen LogP contribution in [0.5, 0.6) is 0 Å². The number of aromatic nitrogens is 2. The number of pyridine rings is 1. The molecular weight excluding hydrogens is 286 g/mol. The Morgan fingerprint density at radius 2 is 2.33 bits per heavy atom. The first-order valence-corrected chi connectivity index (χ1v) is 7.32. The summed E-state index contributed by atoms with van der Waals surface area (Å²) in [5, 5.41) is 14.4. The van der Waals surface area contributed by atoms with Gasteiger partial charge in [-0.1, -0.05) is 18.8 Å². The smallest absolute Gasteiger partial charge is 0.269 e. The van der Waals surface area contributed by atoms with Crippen molar-refractivity contribution in [3.8, 4) is 11.8 Å². The third-order valence-electron chi connectivity index (χ3n) is 2.75. The zero-order valence-corrected chi connectivity index (χ0v) is 12.4. The number of carbonyl (C=O) groups is 1. The molecule has 2 aromatic rings. The maximum absolute atomic E-state index is 12.0. The van der Waals surface area contributed by atoms with Crippen molar-refractivity contribution in [2.24, 2.45) is 0 Å². The Balaban J connectivity index is 1.91. The molecule has 0 aliphatic heterocycles. The topological polar surface area (TPSA) is 75.1 Å². The Morgan fingerprint density at radius 3 is 2.95 bits per heavy atom. The largest absolute Gasteiger partial charge is 0.384 e. The Kier molecular flexibility index (Phi) is 5.43.